The molecule has 1 nitrogen and oxygen atoms in total. The Balaban J connectivity index is 0.000000222. The molecule has 8 heavy (non-hydrogen) atoms. The van der Waals surface area contributed by atoms with E-state index in [1.54, 1.807) is 6.26 Å². The lowest BCUT2D eigenvalue weighted by Gasteiger charge is -1.69. The van der Waals surface area contributed by atoms with E-state index in [2.05, 4.69) is 22.6 Å². The molecule has 0 aliphatic rings. The van der Waals surface area contributed by atoms with Gasteiger partial charge in [0, 0.05) is 0 Å². The van der Waals surface area contributed by atoms with Gasteiger partial charge in [0.15, 0.2) is 0 Å². The fourth-order valence-electron chi connectivity index (χ4n) is 0.361. The lowest BCUT2D eigenvalue weighted by molar-refractivity contribution is 0.534. The molecule has 0 atom stereocenters. The largest absolute Gasteiger partial charge is 0.470 e. The summed E-state index contributed by atoms with van der Waals surface area (Å²) in [5, 5.41) is 0. The highest BCUT2D eigenvalue weighted by Crippen LogP contribution is 1.93. The Morgan fingerprint density at radius 3 is 2.25 bits per heavy atom. The number of alkyl halides is 1. The summed E-state index contributed by atoms with van der Waals surface area (Å²) in [6.07, 6.45) is 1.66. The fourth-order valence-corrected chi connectivity index (χ4v) is 0.361. The molecule has 0 saturated carbocycles. The normalized spacial score (nSPS) is 7.38. The van der Waals surface area contributed by atoms with Crippen molar-refractivity contribution in [2.45, 2.75) is 6.92 Å². The van der Waals surface area contributed by atoms with E-state index >= 15 is 0 Å². The summed E-state index contributed by atoms with van der Waals surface area (Å²) in [5.41, 5.74) is 0. The van der Waals surface area contributed by atoms with Crippen LogP contribution in [-0.4, -0.2) is 4.93 Å². The third-order valence-corrected chi connectivity index (χ3v) is 0.663. The van der Waals surface area contributed by atoms with Crippen LogP contribution >= 0.6 is 22.6 Å². The highest BCUT2D eigenvalue weighted by molar-refractivity contribution is 14.1. The number of halogens is 1. The Morgan fingerprint density at radius 2 is 2.12 bits per heavy atom. The van der Waals surface area contributed by atoms with Gasteiger partial charge in [-0.15, -0.1) is 0 Å². The lowest BCUT2D eigenvalue weighted by atomic mass is 10.5. The van der Waals surface area contributed by atoms with Crippen molar-refractivity contribution in [2.24, 2.45) is 0 Å². The van der Waals surface area contributed by atoms with Crippen molar-refractivity contribution >= 4 is 22.6 Å². The Morgan fingerprint density at radius 1 is 1.50 bits per heavy atom. The second-order valence-electron chi connectivity index (χ2n) is 1.22. The first-order valence-corrected chi connectivity index (χ1v) is 4.43. The Hall–Kier alpha value is 0.01000. The Bertz CT molecular complexity index is 112. The van der Waals surface area contributed by atoms with Gasteiger partial charge in [0.25, 0.3) is 0 Å². The predicted octanol–water partition coefficient (Wildman–Crippen LogP) is 2.64. The van der Waals surface area contributed by atoms with Crippen molar-refractivity contribution < 1.29 is 4.42 Å². The maximum atomic E-state index is 4.83. The molecule has 0 aliphatic carbocycles. The highest BCUT2D eigenvalue weighted by atomic mass is 127. The lowest BCUT2D eigenvalue weighted by Crippen LogP contribution is -1.48. The van der Waals surface area contributed by atoms with Crippen molar-refractivity contribution in [2.75, 3.05) is 4.93 Å². The van der Waals surface area contributed by atoms with Crippen molar-refractivity contribution in [3.05, 3.63) is 24.2 Å². The number of aryl methyl sites for hydroxylation is 1. The molecule has 0 bridgehead atoms. The van der Waals surface area contributed by atoms with E-state index in [1.807, 2.05) is 24.0 Å². The molecule has 0 amide bonds. The molecule has 1 aromatic heterocycles. The van der Waals surface area contributed by atoms with Crippen LogP contribution in [0.1, 0.15) is 5.76 Å². The smallest absolute Gasteiger partial charge is 0.100 e. The number of hydrogen-bond acceptors (Lipinski definition) is 1. The third-order valence-electron chi connectivity index (χ3n) is 0.663. The van der Waals surface area contributed by atoms with Crippen LogP contribution in [0.25, 0.3) is 0 Å². The van der Waals surface area contributed by atoms with Crippen molar-refractivity contribution in [3.63, 3.8) is 0 Å². The minimum absolute atomic E-state index is 0.968. The molecule has 0 saturated heterocycles. The molecule has 1 heterocycles. The van der Waals surface area contributed by atoms with Gasteiger partial charge < -0.3 is 4.42 Å². The van der Waals surface area contributed by atoms with E-state index in [0.29, 0.717) is 0 Å². The molecule has 2 heteroatoms. The number of furan rings is 1. The second kappa shape index (κ2) is 5.15. The average Bonchev–Trinajstić information content (AvgIpc) is 2.24. The summed E-state index contributed by atoms with van der Waals surface area (Å²) in [4.78, 5) is 1.97. The van der Waals surface area contributed by atoms with Crippen molar-refractivity contribution in [1.82, 2.24) is 0 Å². The molecule has 0 unspecified atom stereocenters. The van der Waals surface area contributed by atoms with Gasteiger partial charge >= 0.3 is 0 Å². The first-order chi connectivity index (χ1) is 3.89. The van der Waals surface area contributed by atoms with Crippen LogP contribution < -0.4 is 0 Å². The van der Waals surface area contributed by atoms with Gasteiger partial charge in [-0.2, -0.15) is 0 Å². The molecule has 0 aromatic carbocycles. The monoisotopic (exact) mass is 224 g/mol. The first kappa shape index (κ1) is 8.01. The van der Waals surface area contributed by atoms with Gasteiger partial charge in [0.05, 0.1) is 6.26 Å². The molecule has 1 rings (SSSR count). The second-order valence-corrected chi connectivity index (χ2v) is 1.22. The zero-order valence-corrected chi connectivity index (χ0v) is 7.18. The number of hydrogen-bond donors (Lipinski definition) is 0. The van der Waals surface area contributed by atoms with Crippen LogP contribution in [0.2, 0.25) is 0 Å². The standard InChI is InChI=1S/C5H6O.CH3I/c1-5-3-2-4-6-5;1-2/h2-4H,1H3;1H3. The summed E-state index contributed by atoms with van der Waals surface area (Å²) < 4.78 is 4.83. The molecule has 0 N–H and O–H groups in total. The summed E-state index contributed by atoms with van der Waals surface area (Å²) in [6, 6.07) is 3.79. The van der Waals surface area contributed by atoms with Gasteiger partial charge in [0.2, 0.25) is 0 Å². The molecule has 46 valence electrons. The highest BCUT2D eigenvalue weighted by Gasteiger charge is 1.75. The summed E-state index contributed by atoms with van der Waals surface area (Å²) in [6.45, 7) is 1.92. The van der Waals surface area contributed by atoms with Crippen LogP contribution in [0.3, 0.4) is 0 Å². The van der Waals surface area contributed by atoms with E-state index < -0.39 is 0 Å². The van der Waals surface area contributed by atoms with Crippen molar-refractivity contribution in [3.8, 4) is 0 Å². The molecule has 0 fully saturated rings. The minimum atomic E-state index is 0.968. The SMILES string of the molecule is CI.Cc1ccco1. The third kappa shape index (κ3) is 3.07. The summed E-state index contributed by atoms with van der Waals surface area (Å²) >= 11 is 2.15. The zero-order chi connectivity index (χ0) is 6.41. The van der Waals surface area contributed by atoms with Crippen LogP contribution in [0.5, 0.6) is 0 Å². The minimum Gasteiger partial charge on any atom is -0.470 e. The maximum Gasteiger partial charge on any atom is 0.100 e. The maximum absolute atomic E-state index is 4.83. The van der Waals surface area contributed by atoms with E-state index in [9.17, 15) is 0 Å². The number of rotatable bonds is 0. The topological polar surface area (TPSA) is 13.1 Å². The van der Waals surface area contributed by atoms with Gasteiger partial charge in [0.1, 0.15) is 5.76 Å². The van der Waals surface area contributed by atoms with Crippen molar-refractivity contribution in [1.29, 1.82) is 0 Å². The molecular formula is C6H9IO. The van der Waals surface area contributed by atoms with Crippen LogP contribution in [0.15, 0.2) is 22.8 Å². The zero-order valence-electron chi connectivity index (χ0n) is 5.02. The van der Waals surface area contributed by atoms with Gasteiger partial charge in [-0.05, 0) is 24.0 Å². The molecule has 1 aromatic rings. The quantitative estimate of drug-likeness (QED) is 0.487. The molecule has 0 spiro atoms. The fraction of sp³-hybridized carbons (Fsp3) is 0.333. The van der Waals surface area contributed by atoms with Gasteiger partial charge in [-0.25, -0.2) is 0 Å². The summed E-state index contributed by atoms with van der Waals surface area (Å²) in [7, 11) is 0. The van der Waals surface area contributed by atoms with Gasteiger partial charge in [-0.3, -0.25) is 0 Å². The van der Waals surface area contributed by atoms with Crippen LogP contribution in [0, 0.1) is 6.92 Å². The Labute approximate surface area is 63.2 Å². The predicted molar refractivity (Wildman–Crippen MR) is 43.4 cm³/mol. The first-order valence-electron chi connectivity index (χ1n) is 2.27. The Kier molecular flexibility index (Phi) is 5.16. The molecule has 0 aliphatic heterocycles. The van der Waals surface area contributed by atoms with Crippen LogP contribution in [-0.2, 0) is 0 Å². The van der Waals surface area contributed by atoms with Crippen LogP contribution in [0.4, 0.5) is 0 Å². The molecule has 0 radical (unpaired) electrons. The van der Waals surface area contributed by atoms with E-state index in [-0.39, 0.29) is 0 Å². The van der Waals surface area contributed by atoms with E-state index in [1.165, 1.54) is 0 Å². The van der Waals surface area contributed by atoms with Gasteiger partial charge in [-0.1, -0.05) is 22.6 Å². The van der Waals surface area contributed by atoms with E-state index in [4.69, 9.17) is 4.42 Å². The van der Waals surface area contributed by atoms with E-state index in [0.717, 1.165) is 5.76 Å². The average molecular weight is 224 g/mol. The molecular weight excluding hydrogens is 215 g/mol. The summed E-state index contributed by atoms with van der Waals surface area (Å²) in [5.74, 6) is 0.968.